The zero-order chi connectivity index (χ0) is 14.3. The lowest BCUT2D eigenvalue weighted by Gasteiger charge is -2.16. The minimum Gasteiger partial charge on any atom is -0.492 e. The summed E-state index contributed by atoms with van der Waals surface area (Å²) in [6.45, 7) is 4.82. The van der Waals surface area contributed by atoms with Crippen LogP contribution in [0.25, 0.3) is 0 Å². The van der Waals surface area contributed by atoms with Gasteiger partial charge in [0.25, 0.3) is 0 Å². The molecule has 4 heteroatoms. The summed E-state index contributed by atoms with van der Waals surface area (Å²) >= 11 is 5.88. The van der Waals surface area contributed by atoms with Crippen molar-refractivity contribution in [2.75, 3.05) is 6.61 Å². The molecule has 3 nitrogen and oxygen atoms in total. The molecule has 0 radical (unpaired) electrons. The Morgan fingerprint density at radius 3 is 2.74 bits per heavy atom. The van der Waals surface area contributed by atoms with Crippen molar-refractivity contribution in [1.82, 2.24) is 0 Å². The van der Waals surface area contributed by atoms with E-state index in [4.69, 9.17) is 21.4 Å². The van der Waals surface area contributed by atoms with Crippen LogP contribution in [0.1, 0.15) is 49.9 Å². The van der Waals surface area contributed by atoms with Crippen LogP contribution in [-0.2, 0) is 0 Å². The second-order valence-electron chi connectivity index (χ2n) is 4.67. The van der Waals surface area contributed by atoms with Gasteiger partial charge < -0.3 is 9.84 Å². The van der Waals surface area contributed by atoms with Gasteiger partial charge in [-0.1, -0.05) is 44.7 Å². The molecule has 0 saturated heterocycles. The summed E-state index contributed by atoms with van der Waals surface area (Å²) in [5.74, 6) is -0.177. The fourth-order valence-electron chi connectivity index (χ4n) is 1.90. The lowest BCUT2D eigenvalue weighted by atomic mass is 10.0. The largest absolute Gasteiger partial charge is 0.492 e. The summed E-state index contributed by atoms with van der Waals surface area (Å²) in [7, 11) is 0. The molecule has 0 saturated carbocycles. The molecule has 1 aromatic rings. The maximum Gasteiger partial charge on any atom is 0.339 e. The van der Waals surface area contributed by atoms with E-state index in [1.165, 1.54) is 12.5 Å². The van der Waals surface area contributed by atoms with E-state index in [9.17, 15) is 4.79 Å². The summed E-state index contributed by atoms with van der Waals surface area (Å²) in [4.78, 5) is 11.1. The summed E-state index contributed by atoms with van der Waals surface area (Å²) in [5, 5.41) is 9.58. The molecule has 0 heterocycles. The van der Waals surface area contributed by atoms with Crippen LogP contribution in [-0.4, -0.2) is 17.7 Å². The van der Waals surface area contributed by atoms with Gasteiger partial charge in [0.15, 0.2) is 0 Å². The van der Waals surface area contributed by atoms with Gasteiger partial charge in [0.05, 0.1) is 6.61 Å². The molecule has 1 unspecified atom stereocenters. The third kappa shape index (κ3) is 5.11. The van der Waals surface area contributed by atoms with Gasteiger partial charge in [-0.2, -0.15) is 0 Å². The van der Waals surface area contributed by atoms with Crippen molar-refractivity contribution in [1.29, 1.82) is 0 Å². The Kier molecular flexibility index (Phi) is 6.71. The number of carboxylic acids is 1. The molecule has 0 aliphatic heterocycles. The van der Waals surface area contributed by atoms with E-state index < -0.39 is 5.97 Å². The Hall–Kier alpha value is -1.22. The Balaban J connectivity index is 2.70. The zero-order valence-electron chi connectivity index (χ0n) is 11.5. The number of carbonyl (C=O) groups is 1. The third-order valence-corrected chi connectivity index (χ3v) is 3.43. The van der Waals surface area contributed by atoms with E-state index in [1.54, 1.807) is 12.1 Å². The first-order chi connectivity index (χ1) is 9.08. The van der Waals surface area contributed by atoms with Crippen LogP contribution < -0.4 is 4.74 Å². The molecule has 0 aromatic heterocycles. The minimum absolute atomic E-state index is 0.162. The predicted octanol–water partition coefficient (Wildman–Crippen LogP) is 4.63. The first-order valence-electron chi connectivity index (χ1n) is 6.74. The summed E-state index contributed by atoms with van der Waals surface area (Å²) in [5.41, 5.74) is 0.162. The molecule has 1 aromatic carbocycles. The SMILES string of the molecule is CCCCC(CC)COc1cc(Cl)ccc1C(=O)O. The van der Waals surface area contributed by atoms with Crippen molar-refractivity contribution >= 4 is 17.6 Å². The average Bonchev–Trinajstić information content (AvgIpc) is 2.38. The second kappa shape index (κ2) is 8.05. The van der Waals surface area contributed by atoms with Gasteiger partial charge in [-0.05, 0) is 30.5 Å². The monoisotopic (exact) mass is 284 g/mol. The van der Waals surface area contributed by atoms with E-state index in [1.807, 2.05) is 0 Å². The normalized spacial score (nSPS) is 12.2. The van der Waals surface area contributed by atoms with Gasteiger partial charge in [0.1, 0.15) is 11.3 Å². The average molecular weight is 285 g/mol. The van der Waals surface area contributed by atoms with Crippen LogP contribution >= 0.6 is 11.6 Å². The molecular weight excluding hydrogens is 264 g/mol. The number of benzene rings is 1. The third-order valence-electron chi connectivity index (χ3n) is 3.19. The number of ether oxygens (including phenoxy) is 1. The van der Waals surface area contributed by atoms with E-state index in [2.05, 4.69) is 13.8 Å². The second-order valence-corrected chi connectivity index (χ2v) is 5.11. The van der Waals surface area contributed by atoms with Crippen molar-refractivity contribution in [2.45, 2.75) is 39.5 Å². The Bertz CT molecular complexity index is 418. The number of halogens is 1. The van der Waals surface area contributed by atoms with Gasteiger partial charge in [0, 0.05) is 5.02 Å². The minimum atomic E-state index is -0.992. The Morgan fingerprint density at radius 1 is 1.42 bits per heavy atom. The molecule has 0 amide bonds. The molecule has 1 N–H and O–H groups in total. The van der Waals surface area contributed by atoms with Crippen molar-refractivity contribution in [3.8, 4) is 5.75 Å². The van der Waals surface area contributed by atoms with Crippen LogP contribution in [0.4, 0.5) is 0 Å². The van der Waals surface area contributed by atoms with Crippen LogP contribution in [0.15, 0.2) is 18.2 Å². The quantitative estimate of drug-likeness (QED) is 0.757. The van der Waals surface area contributed by atoms with Crippen molar-refractivity contribution in [3.63, 3.8) is 0 Å². The fourth-order valence-corrected chi connectivity index (χ4v) is 2.06. The molecule has 0 aliphatic carbocycles. The molecule has 19 heavy (non-hydrogen) atoms. The van der Waals surface area contributed by atoms with Gasteiger partial charge in [-0.15, -0.1) is 0 Å². The number of aromatic carboxylic acids is 1. The maximum atomic E-state index is 11.1. The Morgan fingerprint density at radius 2 is 2.16 bits per heavy atom. The van der Waals surface area contributed by atoms with Gasteiger partial charge in [0.2, 0.25) is 0 Å². The molecule has 106 valence electrons. The molecule has 0 bridgehead atoms. The summed E-state index contributed by atoms with van der Waals surface area (Å²) in [6.07, 6.45) is 4.47. The molecule has 0 aliphatic rings. The van der Waals surface area contributed by atoms with Gasteiger partial charge in [-0.25, -0.2) is 4.79 Å². The highest BCUT2D eigenvalue weighted by molar-refractivity contribution is 6.30. The predicted molar refractivity (Wildman–Crippen MR) is 77.2 cm³/mol. The molecule has 0 spiro atoms. The van der Waals surface area contributed by atoms with Crippen LogP contribution in [0, 0.1) is 5.92 Å². The van der Waals surface area contributed by atoms with Crippen LogP contribution in [0.2, 0.25) is 5.02 Å². The standard InChI is InChI=1S/C15H21ClO3/c1-3-5-6-11(4-2)10-19-14-9-12(16)7-8-13(14)15(17)18/h7-9,11H,3-6,10H2,1-2H3,(H,17,18). The molecule has 0 fully saturated rings. The lowest BCUT2D eigenvalue weighted by molar-refractivity contribution is 0.0691. The van der Waals surface area contributed by atoms with E-state index in [-0.39, 0.29) is 5.56 Å². The van der Waals surface area contributed by atoms with Crippen LogP contribution in [0.3, 0.4) is 0 Å². The number of carboxylic acid groups (broad SMARTS) is 1. The topological polar surface area (TPSA) is 46.5 Å². The molecule has 1 atom stereocenters. The summed E-state index contributed by atoms with van der Waals surface area (Å²) in [6, 6.07) is 4.61. The van der Waals surface area contributed by atoms with Gasteiger partial charge >= 0.3 is 5.97 Å². The molecular formula is C15H21ClO3. The lowest BCUT2D eigenvalue weighted by Crippen LogP contribution is -2.13. The maximum absolute atomic E-state index is 11.1. The Labute approximate surface area is 119 Å². The zero-order valence-corrected chi connectivity index (χ0v) is 12.2. The highest BCUT2D eigenvalue weighted by Crippen LogP contribution is 2.25. The van der Waals surface area contributed by atoms with E-state index in [0.717, 1.165) is 19.3 Å². The highest BCUT2D eigenvalue weighted by atomic mass is 35.5. The first kappa shape index (κ1) is 15.8. The number of hydrogen-bond donors (Lipinski definition) is 1. The summed E-state index contributed by atoms with van der Waals surface area (Å²) < 4.78 is 5.66. The highest BCUT2D eigenvalue weighted by Gasteiger charge is 2.14. The van der Waals surface area contributed by atoms with Gasteiger partial charge in [-0.3, -0.25) is 0 Å². The number of unbranched alkanes of at least 4 members (excludes halogenated alkanes) is 1. The van der Waals surface area contributed by atoms with Crippen LogP contribution in [0.5, 0.6) is 5.75 Å². The van der Waals surface area contributed by atoms with E-state index in [0.29, 0.717) is 23.3 Å². The first-order valence-corrected chi connectivity index (χ1v) is 7.11. The van der Waals surface area contributed by atoms with Crippen molar-refractivity contribution < 1.29 is 14.6 Å². The number of rotatable bonds is 8. The fraction of sp³-hybridized carbons (Fsp3) is 0.533. The van der Waals surface area contributed by atoms with Crippen molar-refractivity contribution in [3.05, 3.63) is 28.8 Å². The van der Waals surface area contributed by atoms with Crippen molar-refractivity contribution in [2.24, 2.45) is 5.92 Å². The molecule has 1 rings (SSSR count). The number of hydrogen-bond acceptors (Lipinski definition) is 2. The van der Waals surface area contributed by atoms with E-state index >= 15 is 0 Å². The smallest absolute Gasteiger partial charge is 0.339 e.